The number of amides is 2. The van der Waals surface area contributed by atoms with E-state index in [1.165, 1.54) is 17.1 Å². The molecule has 0 saturated heterocycles. The molecule has 0 bridgehead atoms. The van der Waals surface area contributed by atoms with Gasteiger partial charge in [0.15, 0.2) is 16.6 Å². The summed E-state index contributed by atoms with van der Waals surface area (Å²) in [7, 11) is 1.46. The van der Waals surface area contributed by atoms with Crippen LogP contribution in [0.5, 0.6) is 0 Å². The Morgan fingerprint density at radius 3 is 1.35 bits per heavy atom. The van der Waals surface area contributed by atoms with Gasteiger partial charge in [-0.05, 0) is 50.1 Å². The van der Waals surface area contributed by atoms with Crippen LogP contribution < -0.4 is 5.73 Å². The zero-order valence-corrected chi connectivity index (χ0v) is 45.7. The van der Waals surface area contributed by atoms with Gasteiger partial charge in [0.2, 0.25) is 0 Å². The van der Waals surface area contributed by atoms with Gasteiger partial charge in [0, 0.05) is 0 Å². The second-order valence-electron chi connectivity index (χ2n) is 21.2. The van der Waals surface area contributed by atoms with Crippen molar-refractivity contribution in [3.8, 4) is 22.5 Å². The van der Waals surface area contributed by atoms with Gasteiger partial charge < -0.3 is 8.85 Å². The summed E-state index contributed by atoms with van der Waals surface area (Å²) < 4.78 is 38.7. The molecule has 4 unspecified atom stereocenters. The average molecular weight is 1020 g/mol. The molecule has 386 valence electrons. The number of hydrogen-bond acceptors (Lipinski definition) is 11. The normalized spacial score (nSPS) is 14.7. The van der Waals surface area contributed by atoms with E-state index in [1.807, 2.05) is 55.3 Å². The Bertz CT molecular complexity index is 2640. The van der Waals surface area contributed by atoms with E-state index in [1.54, 1.807) is 24.3 Å². The number of carbonyl (C=O) groups is 2. The molecule has 4 atom stereocenters. The molecule has 2 amide bonds. The molecule has 72 heavy (non-hydrogen) atoms. The quantitative estimate of drug-likeness (QED) is 0.0479. The summed E-state index contributed by atoms with van der Waals surface area (Å²) in [6, 6.07) is 22.5. The molecule has 2 aromatic heterocycles. The Balaban J connectivity index is 0.000000385. The van der Waals surface area contributed by atoms with E-state index in [0.29, 0.717) is 44.8 Å². The van der Waals surface area contributed by atoms with Crippen LogP contribution >= 0.6 is 0 Å². The van der Waals surface area contributed by atoms with Crippen LogP contribution in [0.3, 0.4) is 0 Å². The average Bonchev–Trinajstić information content (AvgIpc) is 3.96. The van der Waals surface area contributed by atoms with Gasteiger partial charge in [0.05, 0.1) is 0 Å². The van der Waals surface area contributed by atoms with Gasteiger partial charge in [0.25, 0.3) is 0 Å². The summed E-state index contributed by atoms with van der Waals surface area (Å²) in [6.45, 7) is 27.1. The first-order chi connectivity index (χ1) is 32.8. The number of rotatable bonds is 19. The Kier molecular flexibility index (Phi) is 21.6. The number of hydrogen-bond donors (Lipinski definition) is 1. The van der Waals surface area contributed by atoms with E-state index in [0.717, 1.165) is 45.3 Å². The number of aryl methyl sites for hydroxylation is 2. The second kappa shape index (κ2) is 25.5. The standard InChI is InChI=1S/C30H37BN4O4Si.C22H35BN4O2Si.2CH4/c1-20(39-40(6,7)30(2,3)4)27-33-26(18-34(27)5)22-14-12-21(13-15-22)16-23(32-19-31-38)17-35-28(36)24-10-8-9-11-25(24)29(35)37;1-16(29-30(6,7)22(2,3)4)21-26-20(14-27(21)5)18-10-8-17(9-11-18)12-19(13-24)25-15-23-28;;/h8-15,18-20,23H,16-17H2,1-7H3;8-11,14-16,19H,12-13,24H2,1-7H3;2*1H4. The molecule has 18 heteroatoms. The molecule has 2 N–H and O–H groups in total. The predicted molar refractivity (Wildman–Crippen MR) is 300 cm³/mol. The van der Waals surface area contributed by atoms with Gasteiger partial charge in [-0.15, -0.1) is 0 Å². The number of benzene rings is 3. The van der Waals surface area contributed by atoms with Gasteiger partial charge in [0.1, 0.15) is 0 Å². The third-order valence-electron chi connectivity index (χ3n) is 13.8. The molecule has 5 aromatic rings. The zero-order valence-electron chi connectivity index (χ0n) is 43.7. The van der Waals surface area contributed by atoms with Gasteiger partial charge in [-0.25, -0.2) is 0 Å². The first-order valence-electron chi connectivity index (χ1n) is 24.0. The molecule has 14 nitrogen and oxygen atoms in total. The van der Waals surface area contributed by atoms with E-state index < -0.39 is 22.7 Å². The summed E-state index contributed by atoms with van der Waals surface area (Å²) in [5.74, 6) is 1.15. The Morgan fingerprint density at radius 1 is 0.639 bits per heavy atom. The summed E-state index contributed by atoms with van der Waals surface area (Å²) in [4.78, 5) is 45.2. The van der Waals surface area contributed by atoms with Gasteiger partial charge >= 0.3 is 303 Å². The van der Waals surface area contributed by atoms with Crippen LogP contribution in [0.25, 0.3) is 22.5 Å². The minimum absolute atomic E-state index is 0. The molecule has 3 heterocycles. The molecule has 0 spiro atoms. The first-order valence-corrected chi connectivity index (χ1v) is 29.8. The predicted octanol–water partition coefficient (Wildman–Crippen LogP) is 10.8. The molecule has 0 aliphatic carbocycles. The van der Waals surface area contributed by atoms with Crippen molar-refractivity contribution < 1.29 is 27.9 Å². The van der Waals surface area contributed by atoms with Crippen LogP contribution in [-0.2, 0) is 45.2 Å². The molecular formula is C54H80B2N8O6Si2. The fourth-order valence-electron chi connectivity index (χ4n) is 7.80. The van der Waals surface area contributed by atoms with Crippen molar-refractivity contribution in [3.63, 3.8) is 0 Å². The van der Waals surface area contributed by atoms with E-state index in [9.17, 15) is 19.0 Å². The van der Waals surface area contributed by atoms with Crippen LogP contribution in [0, 0.1) is 0 Å². The van der Waals surface area contributed by atoms with Crippen LogP contribution in [0.15, 0.2) is 95.2 Å². The molecule has 6 rings (SSSR count). The zero-order chi connectivity index (χ0) is 51.8. The summed E-state index contributed by atoms with van der Waals surface area (Å²) in [5.41, 5.74) is 12.5. The SMILES string of the molecule is C.C.CC(O[Si](C)(C)C(C)(C)C)c1nc(-c2ccc(CC(CN)N=CB=O)cc2)cn1C.CC(O[Si](C)(C)C(C)(C)C)c1nc(-c2ccc(CC(CN3C(=O)c4ccccc4C3=O)N=CB=O)cc2)cn1C. The topological polar surface area (TPSA) is 176 Å². The van der Waals surface area contributed by atoms with Crippen molar-refractivity contribution >= 4 is 55.0 Å². The fourth-order valence-corrected chi connectivity index (χ4v) is 10.5. The summed E-state index contributed by atoms with van der Waals surface area (Å²) in [5, 5.41) is 0.264. The summed E-state index contributed by atoms with van der Waals surface area (Å²) >= 11 is 0. The molecule has 0 saturated carbocycles. The maximum atomic E-state index is 12.8. The molecule has 3 aromatic carbocycles. The molecule has 0 radical (unpaired) electrons. The van der Waals surface area contributed by atoms with Crippen molar-refractivity contribution in [3.05, 3.63) is 119 Å². The van der Waals surface area contributed by atoms with Gasteiger partial charge in [-0.1, -0.05) is 56.4 Å². The number of nitrogens with two attached hydrogens (primary N) is 1. The second-order valence-corrected chi connectivity index (χ2v) is 30.7. The minimum atomic E-state index is -1.95. The van der Waals surface area contributed by atoms with E-state index in [-0.39, 0.29) is 61.5 Å². The fraction of sp³-hybridized carbons (Fsp3) is 0.481. The Labute approximate surface area is 433 Å². The number of fused-ring (bicyclic) bond motifs is 1. The van der Waals surface area contributed by atoms with Crippen LogP contribution in [-0.4, -0.2) is 104 Å². The summed E-state index contributed by atoms with van der Waals surface area (Å²) in [6.07, 6.45) is 7.48. The van der Waals surface area contributed by atoms with Gasteiger partial charge in [-0.3, -0.25) is 0 Å². The van der Waals surface area contributed by atoms with E-state index >= 15 is 0 Å². The number of aliphatic imine (C=N–C) groups is 2. The van der Waals surface area contributed by atoms with Crippen LogP contribution in [0.2, 0.25) is 36.3 Å². The Morgan fingerprint density at radius 2 is 1.00 bits per heavy atom. The molecule has 1 aliphatic heterocycles. The van der Waals surface area contributed by atoms with Crippen molar-refractivity contribution in [1.82, 2.24) is 24.0 Å². The van der Waals surface area contributed by atoms with Crippen molar-refractivity contribution in [2.45, 2.75) is 144 Å². The molecule has 0 fully saturated rings. The number of nitrogens with zero attached hydrogens (tertiary/aromatic N) is 7. The molecule has 1 aliphatic rings. The maximum absolute atomic E-state index is 12.8. The number of carbonyl (C=O) groups excluding carboxylic acids is 2. The number of imidazole rings is 2. The third-order valence-corrected chi connectivity index (χ3v) is 22.9. The monoisotopic (exact) mass is 1010 g/mol. The molecular weight excluding hydrogens is 934 g/mol. The van der Waals surface area contributed by atoms with E-state index in [2.05, 4.69) is 120 Å². The van der Waals surface area contributed by atoms with E-state index in [4.69, 9.17) is 24.6 Å². The van der Waals surface area contributed by atoms with Crippen molar-refractivity contribution in [2.24, 2.45) is 29.8 Å². The van der Waals surface area contributed by atoms with Gasteiger partial charge in [-0.2, -0.15) is 0 Å². The van der Waals surface area contributed by atoms with Crippen LogP contribution in [0.4, 0.5) is 0 Å². The first kappa shape index (κ1) is 60.9. The van der Waals surface area contributed by atoms with Crippen molar-refractivity contribution in [1.29, 1.82) is 0 Å². The van der Waals surface area contributed by atoms with Crippen molar-refractivity contribution in [2.75, 3.05) is 13.1 Å². The number of aromatic nitrogens is 4. The van der Waals surface area contributed by atoms with Crippen LogP contribution in [0.1, 0.15) is 126 Å². The number of imide groups is 1. The third kappa shape index (κ3) is 15.1. The Hall–Kier alpha value is -5.40.